The van der Waals surface area contributed by atoms with Crippen molar-refractivity contribution in [3.63, 3.8) is 0 Å². The van der Waals surface area contributed by atoms with Crippen LogP contribution in [-0.4, -0.2) is 24.4 Å². The number of nitrogens with one attached hydrogen (secondary N) is 1. The van der Waals surface area contributed by atoms with Gasteiger partial charge in [-0.3, -0.25) is 9.59 Å². The van der Waals surface area contributed by atoms with E-state index >= 15 is 0 Å². The standard InChI is InChI=1S/C7H13N3O2/c8-6(11)4-1-2-10-5(3-4)7(9)12/h4-5,10H,1-3H2,(H2,8,11)(H2,9,12). The van der Waals surface area contributed by atoms with Crippen LogP contribution in [0.2, 0.25) is 0 Å². The number of amides is 2. The Kier molecular flexibility index (Phi) is 2.65. The number of hydrogen-bond acceptors (Lipinski definition) is 3. The third kappa shape index (κ3) is 1.94. The van der Waals surface area contributed by atoms with Gasteiger partial charge in [-0.05, 0) is 19.4 Å². The lowest BCUT2D eigenvalue weighted by Gasteiger charge is -2.26. The summed E-state index contributed by atoms with van der Waals surface area (Å²) >= 11 is 0. The Morgan fingerprint density at radius 1 is 1.25 bits per heavy atom. The number of rotatable bonds is 2. The molecule has 68 valence electrons. The predicted molar refractivity (Wildman–Crippen MR) is 42.9 cm³/mol. The van der Waals surface area contributed by atoms with E-state index < -0.39 is 11.9 Å². The Balaban J connectivity index is 2.51. The van der Waals surface area contributed by atoms with Gasteiger partial charge in [-0.15, -0.1) is 0 Å². The van der Waals surface area contributed by atoms with E-state index in [-0.39, 0.29) is 11.8 Å². The molecular formula is C7H13N3O2. The third-order valence-corrected chi connectivity index (χ3v) is 2.15. The zero-order valence-electron chi connectivity index (χ0n) is 6.75. The van der Waals surface area contributed by atoms with Crippen LogP contribution in [0.25, 0.3) is 0 Å². The number of carbonyl (C=O) groups excluding carboxylic acids is 2. The molecule has 0 bridgehead atoms. The van der Waals surface area contributed by atoms with E-state index in [4.69, 9.17) is 11.5 Å². The van der Waals surface area contributed by atoms with Crippen LogP contribution in [0.15, 0.2) is 0 Å². The van der Waals surface area contributed by atoms with Gasteiger partial charge in [0.1, 0.15) is 0 Å². The molecule has 1 rings (SSSR count). The lowest BCUT2D eigenvalue weighted by atomic mass is 9.92. The fourth-order valence-corrected chi connectivity index (χ4v) is 1.39. The molecule has 0 spiro atoms. The van der Waals surface area contributed by atoms with Gasteiger partial charge >= 0.3 is 0 Å². The van der Waals surface area contributed by atoms with Crippen LogP contribution in [0, 0.1) is 5.92 Å². The minimum Gasteiger partial charge on any atom is -0.369 e. The lowest BCUT2D eigenvalue weighted by Crippen LogP contribution is -2.49. The van der Waals surface area contributed by atoms with Gasteiger partial charge in [-0.1, -0.05) is 0 Å². The van der Waals surface area contributed by atoms with Gasteiger partial charge in [-0.2, -0.15) is 0 Å². The maximum atomic E-state index is 10.8. The monoisotopic (exact) mass is 171 g/mol. The van der Waals surface area contributed by atoms with Crippen LogP contribution in [0.3, 0.4) is 0 Å². The van der Waals surface area contributed by atoms with Gasteiger partial charge in [0.15, 0.2) is 0 Å². The summed E-state index contributed by atoms with van der Waals surface area (Å²) in [5, 5.41) is 2.92. The molecular weight excluding hydrogens is 158 g/mol. The van der Waals surface area contributed by atoms with Crippen LogP contribution in [0.5, 0.6) is 0 Å². The fourth-order valence-electron chi connectivity index (χ4n) is 1.39. The average Bonchev–Trinajstić information content (AvgIpc) is 2.04. The third-order valence-electron chi connectivity index (χ3n) is 2.15. The van der Waals surface area contributed by atoms with Crippen molar-refractivity contribution in [3.05, 3.63) is 0 Å². The molecule has 0 aliphatic carbocycles. The molecule has 1 heterocycles. The van der Waals surface area contributed by atoms with Crippen molar-refractivity contribution in [1.29, 1.82) is 0 Å². The van der Waals surface area contributed by atoms with Crippen molar-refractivity contribution in [2.45, 2.75) is 18.9 Å². The fraction of sp³-hybridized carbons (Fsp3) is 0.714. The maximum absolute atomic E-state index is 10.8. The average molecular weight is 171 g/mol. The van der Waals surface area contributed by atoms with Gasteiger partial charge in [0.2, 0.25) is 11.8 Å². The summed E-state index contributed by atoms with van der Waals surface area (Å²) in [6.45, 7) is 0.626. The molecule has 5 nitrogen and oxygen atoms in total. The van der Waals surface area contributed by atoms with Gasteiger partial charge in [0, 0.05) is 5.92 Å². The topological polar surface area (TPSA) is 98.2 Å². The molecule has 1 saturated heterocycles. The second-order valence-electron chi connectivity index (χ2n) is 3.03. The van der Waals surface area contributed by atoms with Gasteiger partial charge in [-0.25, -0.2) is 0 Å². The molecule has 2 unspecified atom stereocenters. The number of nitrogens with two attached hydrogens (primary N) is 2. The minimum atomic E-state index is -0.416. The Hall–Kier alpha value is -1.10. The quantitative estimate of drug-likeness (QED) is 0.463. The van der Waals surface area contributed by atoms with Crippen molar-refractivity contribution in [1.82, 2.24) is 5.32 Å². The number of piperidine rings is 1. The first-order valence-electron chi connectivity index (χ1n) is 3.93. The van der Waals surface area contributed by atoms with Gasteiger partial charge in [0.05, 0.1) is 6.04 Å². The molecule has 1 aliphatic heterocycles. The molecule has 0 radical (unpaired) electrons. The number of primary amides is 2. The molecule has 5 heteroatoms. The molecule has 5 N–H and O–H groups in total. The first-order valence-corrected chi connectivity index (χ1v) is 3.93. The van der Waals surface area contributed by atoms with E-state index in [2.05, 4.69) is 5.32 Å². The Bertz CT molecular complexity index is 185. The maximum Gasteiger partial charge on any atom is 0.234 e. The van der Waals surface area contributed by atoms with E-state index in [1.807, 2.05) is 0 Å². The summed E-state index contributed by atoms with van der Waals surface area (Å²) in [4.78, 5) is 21.5. The van der Waals surface area contributed by atoms with E-state index in [1.165, 1.54) is 0 Å². The second-order valence-corrected chi connectivity index (χ2v) is 3.03. The molecule has 0 aromatic heterocycles. The summed E-state index contributed by atoms with van der Waals surface area (Å²) in [6.07, 6.45) is 1.13. The minimum absolute atomic E-state index is 0.205. The van der Waals surface area contributed by atoms with E-state index in [1.54, 1.807) is 0 Å². The normalized spacial score (nSPS) is 29.7. The van der Waals surface area contributed by atoms with Crippen LogP contribution in [0.1, 0.15) is 12.8 Å². The highest BCUT2D eigenvalue weighted by Crippen LogP contribution is 2.14. The van der Waals surface area contributed by atoms with E-state index in [0.717, 1.165) is 0 Å². The van der Waals surface area contributed by atoms with E-state index in [9.17, 15) is 9.59 Å². The summed E-state index contributed by atoms with van der Waals surface area (Å²) in [5.41, 5.74) is 10.2. The highest BCUT2D eigenvalue weighted by molar-refractivity contribution is 5.82. The predicted octanol–water partition coefficient (Wildman–Crippen LogP) is -1.67. The second kappa shape index (κ2) is 3.53. The largest absolute Gasteiger partial charge is 0.369 e. The SMILES string of the molecule is NC(=O)C1CCNC(C(N)=O)C1. The van der Waals surface area contributed by atoms with Crippen molar-refractivity contribution >= 4 is 11.8 Å². The van der Waals surface area contributed by atoms with Crippen LogP contribution < -0.4 is 16.8 Å². The zero-order chi connectivity index (χ0) is 9.14. The zero-order valence-corrected chi connectivity index (χ0v) is 6.75. The van der Waals surface area contributed by atoms with Crippen molar-refractivity contribution in [2.75, 3.05) is 6.54 Å². The lowest BCUT2D eigenvalue weighted by molar-refractivity contribution is -0.125. The summed E-state index contributed by atoms with van der Waals surface area (Å²) in [5.74, 6) is -0.965. The first kappa shape index (κ1) is 8.99. The van der Waals surface area contributed by atoms with Crippen molar-refractivity contribution in [2.24, 2.45) is 17.4 Å². The summed E-state index contributed by atoms with van der Waals surface area (Å²) < 4.78 is 0. The van der Waals surface area contributed by atoms with Gasteiger partial charge < -0.3 is 16.8 Å². The molecule has 0 aromatic rings. The van der Waals surface area contributed by atoms with Crippen LogP contribution in [0.4, 0.5) is 0 Å². The molecule has 0 saturated carbocycles. The van der Waals surface area contributed by atoms with Crippen molar-refractivity contribution in [3.8, 4) is 0 Å². The van der Waals surface area contributed by atoms with Crippen LogP contribution >= 0.6 is 0 Å². The van der Waals surface area contributed by atoms with Crippen molar-refractivity contribution < 1.29 is 9.59 Å². The smallest absolute Gasteiger partial charge is 0.234 e. The first-order chi connectivity index (χ1) is 5.61. The Morgan fingerprint density at radius 3 is 2.42 bits per heavy atom. The van der Waals surface area contributed by atoms with Crippen LogP contribution in [-0.2, 0) is 9.59 Å². The Labute approximate surface area is 70.5 Å². The van der Waals surface area contributed by atoms with E-state index in [0.29, 0.717) is 19.4 Å². The molecule has 12 heavy (non-hydrogen) atoms. The summed E-state index contributed by atoms with van der Waals surface area (Å²) in [6, 6.07) is -0.392. The molecule has 2 atom stereocenters. The highest BCUT2D eigenvalue weighted by atomic mass is 16.2. The Morgan fingerprint density at radius 2 is 1.92 bits per heavy atom. The van der Waals surface area contributed by atoms with Gasteiger partial charge in [0.25, 0.3) is 0 Å². The molecule has 1 aliphatic rings. The summed E-state index contributed by atoms with van der Waals surface area (Å²) in [7, 11) is 0. The highest BCUT2D eigenvalue weighted by Gasteiger charge is 2.27. The molecule has 1 fully saturated rings. The number of carbonyl (C=O) groups is 2. The number of hydrogen-bond donors (Lipinski definition) is 3. The molecule has 2 amide bonds. The molecule has 0 aromatic carbocycles.